The van der Waals surface area contributed by atoms with Crippen molar-refractivity contribution in [2.24, 2.45) is 5.92 Å². The van der Waals surface area contributed by atoms with E-state index < -0.39 is 17.5 Å². The van der Waals surface area contributed by atoms with Crippen LogP contribution in [0, 0.1) is 5.92 Å². The summed E-state index contributed by atoms with van der Waals surface area (Å²) in [6, 6.07) is -0.507. The third-order valence-electron chi connectivity index (χ3n) is 3.45. The molecule has 1 unspecified atom stereocenters. The molecule has 0 aromatic rings. The van der Waals surface area contributed by atoms with Crippen molar-refractivity contribution in [3.8, 4) is 0 Å². The number of rotatable bonds is 5. The van der Waals surface area contributed by atoms with Gasteiger partial charge in [0.2, 0.25) is 5.91 Å². The number of nitrogens with one attached hydrogen (secondary N) is 2. The van der Waals surface area contributed by atoms with Crippen LogP contribution < -0.4 is 10.6 Å². The van der Waals surface area contributed by atoms with Crippen LogP contribution in [0.1, 0.15) is 33.6 Å². The van der Waals surface area contributed by atoms with Crippen molar-refractivity contribution < 1.29 is 19.5 Å². The van der Waals surface area contributed by atoms with Gasteiger partial charge in [-0.15, -0.1) is 0 Å². The third-order valence-corrected chi connectivity index (χ3v) is 3.45. The van der Waals surface area contributed by atoms with Gasteiger partial charge in [-0.2, -0.15) is 0 Å². The summed E-state index contributed by atoms with van der Waals surface area (Å²) in [5, 5.41) is 14.4. The van der Waals surface area contributed by atoms with E-state index in [9.17, 15) is 19.5 Å². The van der Waals surface area contributed by atoms with Crippen molar-refractivity contribution in [2.45, 2.75) is 39.2 Å². The number of hydrogen-bond donors (Lipinski definition) is 3. The van der Waals surface area contributed by atoms with E-state index in [-0.39, 0.29) is 12.5 Å². The first-order valence-corrected chi connectivity index (χ1v) is 6.83. The summed E-state index contributed by atoms with van der Waals surface area (Å²) >= 11 is 0. The van der Waals surface area contributed by atoms with E-state index >= 15 is 0 Å². The highest BCUT2D eigenvalue weighted by Crippen LogP contribution is 2.28. The fraction of sp³-hybridized carbons (Fsp3) is 0.769. The van der Waals surface area contributed by atoms with E-state index in [4.69, 9.17) is 0 Å². The number of carbonyl (C=O) groups excluding carboxylic acids is 2. The molecule has 0 radical (unpaired) electrons. The Morgan fingerprint density at radius 2 is 1.95 bits per heavy atom. The molecule has 1 aliphatic heterocycles. The molecule has 1 rings (SSSR count). The number of carboxylic acid groups (broad SMARTS) is 1. The lowest BCUT2D eigenvalue weighted by Gasteiger charge is -2.31. The largest absolute Gasteiger partial charge is 0.480 e. The summed E-state index contributed by atoms with van der Waals surface area (Å²) in [6.07, 6.45) is 1.07. The Kier molecular flexibility index (Phi) is 5.35. The maximum absolute atomic E-state index is 12.0. The third kappa shape index (κ3) is 3.85. The van der Waals surface area contributed by atoms with E-state index in [0.717, 1.165) is 0 Å². The molecule has 3 N–H and O–H groups in total. The van der Waals surface area contributed by atoms with E-state index in [1.807, 2.05) is 13.8 Å². The standard InChI is InChI=1S/C13H23N3O4/c1-9(2)7-14-10(17)8-15-12(20)16-6-4-5-13(16,3)11(18)19/h9H,4-8H2,1-3H3,(H,14,17)(H,15,20)(H,18,19). The molecule has 0 bridgehead atoms. The van der Waals surface area contributed by atoms with Crippen LogP contribution in [0.15, 0.2) is 0 Å². The summed E-state index contributed by atoms with van der Waals surface area (Å²) in [5.74, 6) is -0.957. The zero-order valence-corrected chi connectivity index (χ0v) is 12.2. The number of amides is 3. The molecule has 7 heteroatoms. The first kappa shape index (κ1) is 16.3. The van der Waals surface area contributed by atoms with Gasteiger partial charge in [-0.3, -0.25) is 4.79 Å². The molecule has 20 heavy (non-hydrogen) atoms. The number of carboxylic acids is 1. The number of hydrogen-bond acceptors (Lipinski definition) is 3. The molecule has 1 saturated heterocycles. The van der Waals surface area contributed by atoms with Crippen molar-refractivity contribution in [3.05, 3.63) is 0 Å². The summed E-state index contributed by atoms with van der Waals surface area (Å²) in [7, 11) is 0. The van der Waals surface area contributed by atoms with Crippen molar-refractivity contribution in [1.29, 1.82) is 0 Å². The Bertz CT molecular complexity index is 397. The minimum Gasteiger partial charge on any atom is -0.480 e. The van der Waals surface area contributed by atoms with Crippen LogP contribution >= 0.6 is 0 Å². The predicted molar refractivity (Wildman–Crippen MR) is 73.2 cm³/mol. The van der Waals surface area contributed by atoms with E-state index in [0.29, 0.717) is 31.8 Å². The summed E-state index contributed by atoms with van der Waals surface area (Å²) in [4.78, 5) is 36.0. The first-order chi connectivity index (χ1) is 9.27. The van der Waals surface area contributed by atoms with Crippen LogP contribution in [-0.4, -0.2) is 53.1 Å². The smallest absolute Gasteiger partial charge is 0.329 e. The number of nitrogens with zero attached hydrogens (tertiary/aromatic N) is 1. The molecule has 7 nitrogen and oxygen atoms in total. The van der Waals surface area contributed by atoms with Gasteiger partial charge in [0, 0.05) is 13.1 Å². The molecule has 0 aliphatic carbocycles. The number of likely N-dealkylation sites (tertiary alicyclic amines) is 1. The topological polar surface area (TPSA) is 98.7 Å². The van der Waals surface area contributed by atoms with Crippen LogP contribution in [0.4, 0.5) is 4.79 Å². The molecule has 0 saturated carbocycles. The molecule has 1 atom stereocenters. The Balaban J connectivity index is 2.47. The zero-order chi connectivity index (χ0) is 15.3. The minimum absolute atomic E-state index is 0.141. The van der Waals surface area contributed by atoms with Crippen molar-refractivity contribution in [1.82, 2.24) is 15.5 Å². The van der Waals surface area contributed by atoms with Gasteiger partial charge in [0.05, 0.1) is 6.54 Å². The maximum Gasteiger partial charge on any atom is 0.329 e. The molecule has 114 valence electrons. The molecule has 1 aliphatic rings. The number of carbonyl (C=O) groups is 3. The van der Waals surface area contributed by atoms with Gasteiger partial charge in [0.25, 0.3) is 0 Å². The molecule has 0 spiro atoms. The van der Waals surface area contributed by atoms with Crippen molar-refractivity contribution >= 4 is 17.9 Å². The highest BCUT2D eigenvalue weighted by molar-refractivity contribution is 5.89. The van der Waals surface area contributed by atoms with Crippen molar-refractivity contribution in [2.75, 3.05) is 19.6 Å². The second-order valence-electron chi connectivity index (χ2n) is 5.69. The van der Waals surface area contributed by atoms with Crippen LogP contribution in [0.25, 0.3) is 0 Å². The molecule has 1 heterocycles. The molecule has 0 aromatic heterocycles. The average molecular weight is 285 g/mol. The molecule has 0 aromatic carbocycles. The fourth-order valence-electron chi connectivity index (χ4n) is 2.14. The van der Waals surface area contributed by atoms with Gasteiger partial charge in [0.1, 0.15) is 5.54 Å². The Hall–Kier alpha value is -1.79. The zero-order valence-electron chi connectivity index (χ0n) is 12.2. The Morgan fingerprint density at radius 3 is 2.50 bits per heavy atom. The highest BCUT2D eigenvalue weighted by Gasteiger charge is 2.45. The fourth-order valence-corrected chi connectivity index (χ4v) is 2.14. The maximum atomic E-state index is 12.0. The minimum atomic E-state index is -1.18. The van der Waals surface area contributed by atoms with Crippen LogP contribution in [0.5, 0.6) is 0 Å². The van der Waals surface area contributed by atoms with Gasteiger partial charge in [-0.25, -0.2) is 9.59 Å². The summed E-state index contributed by atoms with van der Waals surface area (Å²) < 4.78 is 0. The normalized spacial score (nSPS) is 21.9. The number of aliphatic carboxylic acids is 1. The second kappa shape index (κ2) is 6.58. The number of urea groups is 1. The monoisotopic (exact) mass is 285 g/mol. The Morgan fingerprint density at radius 1 is 1.30 bits per heavy atom. The SMILES string of the molecule is CC(C)CNC(=O)CNC(=O)N1CCCC1(C)C(=O)O. The first-order valence-electron chi connectivity index (χ1n) is 6.83. The molecular weight excluding hydrogens is 262 g/mol. The van der Waals surface area contributed by atoms with E-state index in [1.54, 1.807) is 0 Å². The van der Waals surface area contributed by atoms with E-state index in [1.165, 1.54) is 11.8 Å². The molecule has 1 fully saturated rings. The summed E-state index contributed by atoms with van der Waals surface area (Å²) in [5.41, 5.74) is -1.18. The quantitative estimate of drug-likeness (QED) is 0.681. The summed E-state index contributed by atoms with van der Waals surface area (Å²) in [6.45, 7) is 6.27. The second-order valence-corrected chi connectivity index (χ2v) is 5.69. The van der Waals surface area contributed by atoms with Gasteiger partial charge < -0.3 is 20.6 Å². The van der Waals surface area contributed by atoms with Gasteiger partial charge in [-0.1, -0.05) is 13.8 Å². The molecule has 3 amide bonds. The lowest BCUT2D eigenvalue weighted by atomic mass is 10.00. The van der Waals surface area contributed by atoms with Gasteiger partial charge in [0.15, 0.2) is 0 Å². The predicted octanol–water partition coefficient (Wildman–Crippen LogP) is 0.407. The Labute approximate surface area is 118 Å². The lowest BCUT2D eigenvalue weighted by Crippen LogP contribution is -2.55. The van der Waals surface area contributed by atoms with Gasteiger partial charge >= 0.3 is 12.0 Å². The van der Waals surface area contributed by atoms with Crippen LogP contribution in [0.2, 0.25) is 0 Å². The lowest BCUT2D eigenvalue weighted by molar-refractivity contribution is -0.147. The van der Waals surface area contributed by atoms with Crippen LogP contribution in [-0.2, 0) is 9.59 Å². The average Bonchev–Trinajstić information content (AvgIpc) is 2.77. The van der Waals surface area contributed by atoms with Gasteiger partial charge in [-0.05, 0) is 25.7 Å². The van der Waals surface area contributed by atoms with Crippen molar-refractivity contribution in [3.63, 3.8) is 0 Å². The van der Waals surface area contributed by atoms with Crippen LogP contribution in [0.3, 0.4) is 0 Å². The highest BCUT2D eigenvalue weighted by atomic mass is 16.4. The molecular formula is C13H23N3O4. The van der Waals surface area contributed by atoms with E-state index in [2.05, 4.69) is 10.6 Å².